The molecule has 1 unspecified atom stereocenters. The quantitative estimate of drug-likeness (QED) is 0.273. The van der Waals surface area contributed by atoms with Gasteiger partial charge in [-0.25, -0.2) is 9.97 Å². The van der Waals surface area contributed by atoms with Gasteiger partial charge in [0.2, 0.25) is 11.7 Å². The van der Waals surface area contributed by atoms with Crippen LogP contribution in [0, 0.1) is 5.82 Å². The largest absolute Gasteiger partial charge is 0.421 e. The molecular weight excluding hydrogens is 524 g/mol. The van der Waals surface area contributed by atoms with Crippen LogP contribution in [0.1, 0.15) is 37.3 Å². The van der Waals surface area contributed by atoms with Crippen molar-refractivity contribution in [3.8, 4) is 0 Å². The number of hydrogen-bond acceptors (Lipinski definition) is 9. The second-order valence-corrected chi connectivity index (χ2v) is 10.4. The summed E-state index contributed by atoms with van der Waals surface area (Å²) in [5.74, 6) is -1.51. The molecule has 0 bridgehead atoms. The Hall–Kier alpha value is -3.07. The maximum absolute atomic E-state index is 15.6. The summed E-state index contributed by atoms with van der Waals surface area (Å²) in [6, 6.07) is 5.26. The van der Waals surface area contributed by atoms with Crippen molar-refractivity contribution in [1.29, 1.82) is 0 Å². The van der Waals surface area contributed by atoms with Gasteiger partial charge < -0.3 is 31.3 Å². The van der Waals surface area contributed by atoms with Gasteiger partial charge in [0.15, 0.2) is 17.2 Å². The van der Waals surface area contributed by atoms with Crippen LogP contribution in [0.3, 0.4) is 0 Å². The minimum Gasteiger partial charge on any atom is -0.389 e. The predicted molar refractivity (Wildman–Crippen MR) is 133 cm³/mol. The number of likely N-dealkylation sites (tertiary alicyclic amines) is 1. The highest BCUT2D eigenvalue weighted by atomic mass is 19.4. The average molecular weight is 557 g/mol. The average Bonchev–Trinajstić information content (AvgIpc) is 3.69. The van der Waals surface area contributed by atoms with Gasteiger partial charge >= 0.3 is 6.18 Å². The van der Waals surface area contributed by atoms with Gasteiger partial charge in [-0.15, -0.1) is 0 Å². The molecule has 1 saturated heterocycles. The third kappa shape index (κ3) is 6.40. The van der Waals surface area contributed by atoms with Crippen LogP contribution in [0.25, 0.3) is 0 Å². The summed E-state index contributed by atoms with van der Waals surface area (Å²) in [4.78, 5) is 22.5. The number of anilines is 2. The van der Waals surface area contributed by atoms with Gasteiger partial charge in [0.1, 0.15) is 11.9 Å². The van der Waals surface area contributed by atoms with Crippen molar-refractivity contribution >= 4 is 17.5 Å². The number of rotatable bonds is 10. The van der Waals surface area contributed by atoms with E-state index >= 15 is 4.39 Å². The number of primary amides is 1. The fourth-order valence-electron chi connectivity index (χ4n) is 4.57. The van der Waals surface area contributed by atoms with Gasteiger partial charge in [-0.1, -0.05) is 24.3 Å². The first-order valence-electron chi connectivity index (χ1n) is 12.5. The minimum atomic E-state index is -4.84. The Morgan fingerprint density at radius 3 is 2.49 bits per heavy atom. The molecule has 3 atom stereocenters. The van der Waals surface area contributed by atoms with Crippen LogP contribution in [0.2, 0.25) is 0 Å². The van der Waals surface area contributed by atoms with Crippen molar-refractivity contribution in [1.82, 2.24) is 14.9 Å². The Morgan fingerprint density at radius 2 is 1.92 bits per heavy atom. The first kappa shape index (κ1) is 28.9. The van der Waals surface area contributed by atoms with Crippen LogP contribution in [0.4, 0.5) is 29.2 Å². The van der Waals surface area contributed by atoms with E-state index in [0.717, 1.165) is 19.2 Å². The Bertz CT molecular complexity index is 1180. The zero-order valence-corrected chi connectivity index (χ0v) is 21.3. The number of hydrogen-bond donors (Lipinski definition) is 5. The number of aliphatic hydroxyl groups excluding tert-OH is 1. The third-order valence-corrected chi connectivity index (χ3v) is 7.31. The number of benzene rings is 1. The number of aromatic nitrogens is 2. The summed E-state index contributed by atoms with van der Waals surface area (Å²) in [5.41, 5.74) is 0.878. The smallest absolute Gasteiger partial charge is 0.389 e. The number of nitrogens with two attached hydrogens (primary N) is 1. The van der Waals surface area contributed by atoms with Gasteiger partial charge in [0.05, 0.1) is 12.6 Å². The number of β-amino-alcohol motifs (C(OH)–C–C–N with tert-alkyl or cyclic N) is 1. The summed E-state index contributed by atoms with van der Waals surface area (Å²) in [5, 5.41) is 34.1. The third-order valence-electron chi connectivity index (χ3n) is 7.31. The van der Waals surface area contributed by atoms with Crippen molar-refractivity contribution in [3.63, 3.8) is 0 Å². The Kier molecular flexibility index (Phi) is 8.03. The maximum Gasteiger partial charge on any atom is 0.421 e. The molecule has 0 radical (unpaired) electrons. The summed E-state index contributed by atoms with van der Waals surface area (Å²) < 4.78 is 55.1. The summed E-state index contributed by atoms with van der Waals surface area (Å²) in [7, 11) is 0. The first-order chi connectivity index (χ1) is 18.2. The Balaban J connectivity index is 1.46. The van der Waals surface area contributed by atoms with Gasteiger partial charge in [-0.2, -0.15) is 17.6 Å². The molecule has 1 amide bonds. The molecule has 1 aliphatic carbocycles. The minimum absolute atomic E-state index is 0.00909. The molecule has 1 aliphatic heterocycles. The van der Waals surface area contributed by atoms with Crippen LogP contribution >= 0.6 is 0 Å². The van der Waals surface area contributed by atoms with Crippen molar-refractivity contribution in [2.75, 3.05) is 36.4 Å². The lowest BCUT2D eigenvalue weighted by Gasteiger charge is -2.41. The molecule has 2 heterocycles. The molecule has 2 aromatic rings. The highest BCUT2D eigenvalue weighted by Crippen LogP contribution is 2.39. The maximum atomic E-state index is 15.6. The van der Waals surface area contributed by atoms with Crippen LogP contribution in [-0.2, 0) is 16.9 Å². The van der Waals surface area contributed by atoms with Gasteiger partial charge in [0.25, 0.3) is 0 Å². The molecule has 1 aromatic heterocycles. The van der Waals surface area contributed by atoms with Crippen LogP contribution in [-0.4, -0.2) is 86.2 Å². The lowest BCUT2D eigenvalue weighted by molar-refractivity contribution is -0.258. The van der Waals surface area contributed by atoms with Crippen LogP contribution in [0.5, 0.6) is 0 Å². The topological polar surface area (TPSA) is 148 Å². The van der Waals surface area contributed by atoms with E-state index in [1.807, 2.05) is 0 Å². The summed E-state index contributed by atoms with van der Waals surface area (Å²) in [6.07, 6.45) is -3.23. The Labute approximate surface area is 222 Å². The second kappa shape index (κ2) is 10.8. The molecule has 10 nitrogen and oxygen atoms in total. The van der Waals surface area contributed by atoms with E-state index in [9.17, 15) is 33.3 Å². The standard InChI is InChI=1S/C25H32F4N6O4/c1-23(38,25(27,28)29)16-4-2-15(3-5-16)10-35(17-6-7-17)22-20(26)21(32-14-33-22)31-13-24(39)8-9-34(11-18(24)36)12-19(30)37/h2-5,14,17-18,36,38-39H,6-13H2,1H3,(H2,30,37)(H,31,32,33)/t18-,23?,24-/m1/s1. The van der Waals surface area contributed by atoms with E-state index in [0.29, 0.717) is 19.0 Å². The molecule has 0 spiro atoms. The second-order valence-electron chi connectivity index (χ2n) is 10.4. The van der Waals surface area contributed by atoms with E-state index in [2.05, 4.69) is 15.3 Å². The molecular formula is C25H32F4N6O4. The molecule has 4 rings (SSSR count). The normalized spacial score (nSPS) is 23.7. The number of aliphatic hydroxyl groups is 3. The number of carbonyl (C=O) groups is 1. The zero-order valence-electron chi connectivity index (χ0n) is 21.3. The molecule has 1 saturated carbocycles. The number of nitrogens with one attached hydrogen (secondary N) is 1. The van der Waals surface area contributed by atoms with Crippen molar-refractivity contribution < 1.29 is 37.7 Å². The van der Waals surface area contributed by atoms with Gasteiger partial charge in [0, 0.05) is 32.2 Å². The molecule has 214 valence electrons. The monoisotopic (exact) mass is 556 g/mol. The number of halogens is 4. The van der Waals surface area contributed by atoms with Crippen molar-refractivity contribution in [2.24, 2.45) is 5.73 Å². The summed E-state index contributed by atoms with van der Waals surface area (Å²) in [6.45, 7) is 0.906. The number of alkyl halides is 3. The fraction of sp³-hybridized carbons (Fsp3) is 0.560. The van der Waals surface area contributed by atoms with Crippen LogP contribution < -0.4 is 16.0 Å². The van der Waals surface area contributed by atoms with E-state index in [1.54, 1.807) is 9.80 Å². The molecule has 14 heteroatoms. The number of nitrogens with zero attached hydrogens (tertiary/aromatic N) is 4. The zero-order chi connectivity index (χ0) is 28.6. The SMILES string of the molecule is CC(O)(c1ccc(CN(c2ncnc(NC[C@]3(O)CCN(CC(N)=O)C[C@H]3O)c2F)C2CC2)cc1)C(F)(F)F. The van der Waals surface area contributed by atoms with Crippen LogP contribution in [0.15, 0.2) is 30.6 Å². The predicted octanol–water partition coefficient (Wildman–Crippen LogP) is 1.25. The highest BCUT2D eigenvalue weighted by Gasteiger charge is 2.51. The van der Waals surface area contributed by atoms with E-state index in [4.69, 9.17) is 5.73 Å². The van der Waals surface area contributed by atoms with Gasteiger partial charge in [-0.05, 0) is 37.3 Å². The summed E-state index contributed by atoms with van der Waals surface area (Å²) >= 11 is 0. The lowest BCUT2D eigenvalue weighted by atomic mass is 9.88. The highest BCUT2D eigenvalue weighted by molar-refractivity contribution is 5.75. The number of piperidine rings is 1. The molecule has 1 aromatic carbocycles. The van der Waals surface area contributed by atoms with Gasteiger partial charge in [-0.3, -0.25) is 9.69 Å². The molecule has 2 aliphatic rings. The number of carbonyl (C=O) groups excluding carboxylic acids is 1. The lowest BCUT2D eigenvalue weighted by Crippen LogP contribution is -2.59. The first-order valence-corrected chi connectivity index (χ1v) is 12.5. The van der Waals surface area contributed by atoms with Crippen molar-refractivity contribution in [2.45, 2.75) is 62.3 Å². The fourth-order valence-corrected chi connectivity index (χ4v) is 4.57. The molecule has 6 N–H and O–H groups in total. The van der Waals surface area contributed by atoms with Crippen molar-refractivity contribution in [3.05, 3.63) is 47.5 Å². The Morgan fingerprint density at radius 1 is 1.26 bits per heavy atom. The van der Waals surface area contributed by atoms with E-state index in [-0.39, 0.29) is 55.8 Å². The number of amides is 1. The molecule has 2 fully saturated rings. The van der Waals surface area contributed by atoms with E-state index in [1.165, 1.54) is 24.3 Å². The molecule has 39 heavy (non-hydrogen) atoms. The van der Waals surface area contributed by atoms with E-state index < -0.39 is 35.2 Å².